The molecular weight excluding hydrogens is 1350 g/mol. The van der Waals surface area contributed by atoms with E-state index >= 15 is 0 Å². The molecule has 6 aromatic rings. The van der Waals surface area contributed by atoms with Gasteiger partial charge >= 0.3 is 12.2 Å². The van der Waals surface area contributed by atoms with Crippen molar-refractivity contribution in [2.24, 2.45) is 39.4 Å². The van der Waals surface area contributed by atoms with Crippen molar-refractivity contribution < 1.29 is 62.2 Å². The number of oxime groups is 2. The zero-order valence-corrected chi connectivity index (χ0v) is 63.1. The molecule has 2 spiro atoms. The number of Topliss-reactive ketones (excluding diaryl/α,β-unsaturated/α-hetero) is 4. The number of methoxy groups -OCH3 is 2. The first kappa shape index (κ1) is 78.9. The molecule has 0 radical (unpaired) electrons. The number of nitrogens with one attached hydrogen (secondary N) is 1. The molecule has 4 aliphatic heterocycles. The van der Waals surface area contributed by atoms with Gasteiger partial charge in [0.25, 0.3) is 0 Å². The fraction of sp³-hybridized carbons (Fsp3) is 0.494. The minimum absolute atomic E-state index is 0. The summed E-state index contributed by atoms with van der Waals surface area (Å²) >= 11 is 0. The molecule has 6 aromatic carbocycles. The molecule has 3 amide bonds. The van der Waals surface area contributed by atoms with Crippen LogP contribution in [0.3, 0.4) is 0 Å². The normalized spacial score (nSPS) is 21.5. The van der Waals surface area contributed by atoms with E-state index in [0.29, 0.717) is 56.8 Å². The minimum atomic E-state index is -1.02. The van der Waals surface area contributed by atoms with Gasteiger partial charge in [-0.15, -0.1) is 0 Å². The number of nitrogens with zero attached hydrogens (tertiary/aromatic N) is 4. The van der Waals surface area contributed by atoms with E-state index in [-0.39, 0.29) is 99.8 Å². The maximum absolute atomic E-state index is 14.9. The number of amides is 3. The highest BCUT2D eigenvalue weighted by atomic mass is 16.7. The summed E-state index contributed by atoms with van der Waals surface area (Å²) in [6.07, 6.45) is 7.23. The van der Waals surface area contributed by atoms with Crippen molar-refractivity contribution in [3.05, 3.63) is 191 Å². The van der Waals surface area contributed by atoms with Crippen LogP contribution in [0.15, 0.2) is 168 Å². The van der Waals surface area contributed by atoms with Gasteiger partial charge < -0.3 is 38.8 Å². The maximum Gasteiger partial charge on any atom is 0.410 e. The smallest absolute Gasteiger partial charge is 0.410 e. The van der Waals surface area contributed by atoms with Crippen molar-refractivity contribution in [3.63, 3.8) is 0 Å². The third kappa shape index (κ3) is 17.9. The van der Waals surface area contributed by atoms with Gasteiger partial charge in [0.05, 0.1) is 36.6 Å². The third-order valence-electron chi connectivity index (χ3n) is 22.6. The molecular formula is C89H109N5O13. The van der Waals surface area contributed by atoms with E-state index < -0.39 is 65.0 Å². The molecule has 4 heterocycles. The maximum atomic E-state index is 14.9. The van der Waals surface area contributed by atoms with Gasteiger partial charge in [0.15, 0.2) is 34.3 Å². The molecule has 0 bridgehead atoms. The highest BCUT2D eigenvalue weighted by Gasteiger charge is 2.57. The van der Waals surface area contributed by atoms with Gasteiger partial charge in [-0.3, -0.25) is 28.9 Å². The predicted octanol–water partition coefficient (Wildman–Crippen LogP) is 16.9. The summed E-state index contributed by atoms with van der Waals surface area (Å²) in [6.45, 7) is 14.3. The minimum Gasteiger partial charge on any atom is -0.449 e. The molecule has 4 aliphatic carbocycles. The number of rotatable bonds is 28. The first-order valence-corrected chi connectivity index (χ1v) is 38.6. The van der Waals surface area contributed by atoms with Gasteiger partial charge in [0, 0.05) is 77.4 Å². The van der Waals surface area contributed by atoms with E-state index in [1.165, 1.54) is 0 Å². The second-order valence-corrected chi connectivity index (χ2v) is 31.3. The average Bonchev–Trinajstić information content (AvgIpc) is 1.63. The van der Waals surface area contributed by atoms with E-state index in [9.17, 15) is 33.6 Å². The third-order valence-corrected chi connectivity index (χ3v) is 22.6. The Balaban J connectivity index is 0.000000209. The van der Waals surface area contributed by atoms with Crippen molar-refractivity contribution in [2.75, 3.05) is 40.5 Å². The average molecular weight is 1460 g/mol. The predicted molar refractivity (Wildman–Crippen MR) is 415 cm³/mol. The number of likely N-dealkylation sites (tertiary alicyclic amines) is 2. The number of fused-ring (bicyclic) bond motifs is 6. The number of carbonyl (C=O) groups excluding carboxylic acids is 7. The van der Waals surface area contributed by atoms with Crippen LogP contribution in [0, 0.1) is 29.1 Å². The molecule has 1 N–H and O–H groups in total. The van der Waals surface area contributed by atoms with Crippen LogP contribution in [-0.4, -0.2) is 145 Å². The fourth-order valence-electron chi connectivity index (χ4n) is 17.0. The van der Waals surface area contributed by atoms with Crippen molar-refractivity contribution in [1.82, 2.24) is 15.1 Å². The summed E-state index contributed by atoms with van der Waals surface area (Å²) in [5.74, 6) is -0.524. The van der Waals surface area contributed by atoms with Gasteiger partial charge in [-0.1, -0.05) is 237 Å². The zero-order valence-electron chi connectivity index (χ0n) is 63.1. The quantitative estimate of drug-likeness (QED) is 0.0484. The number of alkyl carbamates (subject to hydrolysis) is 1. The van der Waals surface area contributed by atoms with Crippen molar-refractivity contribution in [3.8, 4) is 22.3 Å². The lowest BCUT2D eigenvalue weighted by Crippen LogP contribution is -2.57. The Kier molecular flexibility index (Phi) is 25.7. The van der Waals surface area contributed by atoms with Crippen LogP contribution in [0.1, 0.15) is 204 Å². The Hall–Kier alpha value is -9.13. The van der Waals surface area contributed by atoms with E-state index in [0.717, 1.165) is 106 Å². The lowest BCUT2D eigenvalue weighted by atomic mass is 9.84. The fourth-order valence-corrected chi connectivity index (χ4v) is 17.0. The van der Waals surface area contributed by atoms with Gasteiger partial charge in [-0.2, -0.15) is 0 Å². The van der Waals surface area contributed by atoms with Crippen LogP contribution in [0.4, 0.5) is 9.59 Å². The Bertz CT molecular complexity index is 4110. The topological polar surface area (TPSA) is 218 Å². The highest BCUT2D eigenvalue weighted by molar-refractivity contribution is 6.03. The Labute approximate surface area is 632 Å². The van der Waals surface area contributed by atoms with Crippen LogP contribution in [0.5, 0.6) is 0 Å². The monoisotopic (exact) mass is 1460 g/mol. The van der Waals surface area contributed by atoms with Crippen molar-refractivity contribution >= 4 is 52.7 Å². The highest BCUT2D eigenvalue weighted by Crippen LogP contribution is 2.48. The van der Waals surface area contributed by atoms with E-state index in [1.807, 2.05) is 151 Å². The molecule has 568 valence electrons. The zero-order chi connectivity index (χ0) is 74.9. The van der Waals surface area contributed by atoms with Crippen LogP contribution >= 0.6 is 0 Å². The summed E-state index contributed by atoms with van der Waals surface area (Å²) in [7, 11) is 3.10. The molecule has 18 nitrogen and oxygen atoms in total. The number of carbonyl (C=O) groups is 7. The van der Waals surface area contributed by atoms with E-state index in [1.54, 1.807) is 24.0 Å². The Morgan fingerprint density at radius 2 is 0.888 bits per heavy atom. The van der Waals surface area contributed by atoms with Crippen LogP contribution in [-0.2, 0) is 52.6 Å². The summed E-state index contributed by atoms with van der Waals surface area (Å²) in [4.78, 5) is 114. The molecule has 2 unspecified atom stereocenters. The first-order valence-electron chi connectivity index (χ1n) is 38.6. The van der Waals surface area contributed by atoms with Crippen molar-refractivity contribution in [2.45, 2.75) is 212 Å². The Morgan fingerprint density at radius 3 is 1.26 bits per heavy atom. The SMILES string of the molecule is C.CC.CCC[C@H](CC(=O)[C@@H]1C[C@]2(CC(c3ccccc3)=NO2)CN1C(=O)OCC1c2ccccc2-c2ccccc21)C(OC)C(=O)CC1CC1.CCC[C@H](CC(=O)[C@@H]1C[C@]2(CC(c3ccccc3)=NO2)CN1C(=O)[C@@H](NC(=O)OCC1c2ccccc2-c2ccccc21)C(C)(C)C)C(OC)C(=O)CC1CC1. The first-order chi connectivity index (χ1) is 51.3. The van der Waals surface area contributed by atoms with Crippen LogP contribution < -0.4 is 5.32 Å². The standard InChI is InChI=1S/C46H55N3O7.C40H44N2O6.C2H6.CH4/c1-6-14-31(41(54-5)40(51)23-29-21-22-29)24-39(50)38-26-46(25-37(48-56-46)30-15-8-7-9-16-30)28-49(38)43(52)42(45(2,3)4)47-44(53)55-27-36-34-19-12-10-17-32(34)33-18-11-13-20-35(33)36;1-3-11-28(38(46-2)37(44)20-26-18-19-26)21-36(43)35-23-40(22-34(41-48-40)27-12-5-4-6-13-27)25-42(35)39(45)47-24-33-31-16-9-7-14-29(31)30-15-8-10-17-32(30)33;1-2;/h7-13,15-20,29,31,36,38,41-42H,6,14,21-28H2,1-5H3,(H,47,53);4-10,12-17,26,28,33,35,38H,3,11,18-25H2,1-2H3;1-2H3;1H4/t31-,38+,41?,42-,46-;28-,35+,38?,40-;;/m11../s1. The molecule has 107 heavy (non-hydrogen) atoms. The van der Waals surface area contributed by atoms with Gasteiger partial charge in [0.1, 0.15) is 31.5 Å². The lowest BCUT2D eigenvalue weighted by molar-refractivity contribution is -0.143. The summed E-state index contributed by atoms with van der Waals surface area (Å²) in [6, 6.07) is 49.7. The van der Waals surface area contributed by atoms with Crippen LogP contribution in [0.2, 0.25) is 0 Å². The Morgan fingerprint density at radius 1 is 0.523 bits per heavy atom. The molecule has 4 fully saturated rings. The number of ketones is 4. The number of hydrogen-bond acceptors (Lipinski definition) is 15. The van der Waals surface area contributed by atoms with E-state index in [4.69, 9.17) is 28.6 Å². The molecule has 9 atom stereocenters. The van der Waals surface area contributed by atoms with E-state index in [2.05, 4.69) is 71.1 Å². The number of hydrogen-bond donors (Lipinski definition) is 1. The second-order valence-electron chi connectivity index (χ2n) is 31.3. The number of ether oxygens (including phenoxy) is 4. The largest absolute Gasteiger partial charge is 0.449 e. The number of benzene rings is 6. The molecule has 2 saturated heterocycles. The molecule has 2 saturated carbocycles. The molecule has 18 heteroatoms. The van der Waals surface area contributed by atoms with Gasteiger partial charge in [0.2, 0.25) is 5.91 Å². The molecule has 8 aliphatic rings. The summed E-state index contributed by atoms with van der Waals surface area (Å²) in [5.41, 5.74) is 9.91. The second kappa shape index (κ2) is 34.8. The van der Waals surface area contributed by atoms with Gasteiger partial charge in [-0.25, -0.2) is 9.59 Å². The van der Waals surface area contributed by atoms with Gasteiger partial charge in [-0.05, 0) is 123 Å². The summed E-state index contributed by atoms with van der Waals surface area (Å²) < 4.78 is 23.5. The summed E-state index contributed by atoms with van der Waals surface area (Å²) in [5, 5.41) is 11.8. The van der Waals surface area contributed by atoms with Crippen LogP contribution in [0.25, 0.3) is 22.3 Å². The molecule has 0 aromatic heterocycles. The van der Waals surface area contributed by atoms with Crippen molar-refractivity contribution in [1.29, 1.82) is 0 Å². The lowest BCUT2D eigenvalue weighted by Gasteiger charge is -2.35. The molecule has 14 rings (SSSR count).